The van der Waals surface area contributed by atoms with Crippen molar-refractivity contribution in [1.29, 1.82) is 0 Å². The van der Waals surface area contributed by atoms with Gasteiger partial charge in [0.1, 0.15) is 18.1 Å². The number of carbonyl (C=O) groups excluding carboxylic acids is 1. The minimum Gasteiger partial charge on any atom is -0.497 e. The summed E-state index contributed by atoms with van der Waals surface area (Å²) in [5, 5.41) is 2.88. The average Bonchev–Trinajstić information content (AvgIpc) is 2.69. The normalized spacial score (nSPS) is 12.1. The van der Waals surface area contributed by atoms with Crippen LogP contribution in [0.4, 0.5) is 5.69 Å². The van der Waals surface area contributed by atoms with Gasteiger partial charge in [-0.25, -0.2) is 8.42 Å². The number of nitrogens with zero attached hydrogens (tertiary/aromatic N) is 1. The zero-order valence-corrected chi connectivity index (χ0v) is 18.7. The van der Waals surface area contributed by atoms with E-state index in [2.05, 4.69) is 5.32 Å². The Balaban J connectivity index is 1.79. The Morgan fingerprint density at radius 1 is 1.13 bits per heavy atom. The van der Waals surface area contributed by atoms with E-state index in [1.807, 2.05) is 32.0 Å². The maximum atomic E-state index is 12.2. The molecule has 2 rings (SSSR count). The zero-order chi connectivity index (χ0) is 22.1. The summed E-state index contributed by atoms with van der Waals surface area (Å²) in [6, 6.07) is 14.3. The number of rotatable bonds is 11. The van der Waals surface area contributed by atoms with Crippen LogP contribution in [0.15, 0.2) is 48.5 Å². The molecule has 0 bridgehead atoms. The zero-order valence-electron chi connectivity index (χ0n) is 17.9. The highest BCUT2D eigenvalue weighted by atomic mass is 32.2. The van der Waals surface area contributed by atoms with Crippen molar-refractivity contribution in [1.82, 2.24) is 5.32 Å². The number of amides is 1. The van der Waals surface area contributed by atoms with Gasteiger partial charge in [-0.15, -0.1) is 0 Å². The van der Waals surface area contributed by atoms with Gasteiger partial charge in [0.25, 0.3) is 0 Å². The second-order valence-corrected chi connectivity index (χ2v) is 9.14. The van der Waals surface area contributed by atoms with Gasteiger partial charge < -0.3 is 14.8 Å². The number of hydrogen-bond acceptors (Lipinski definition) is 5. The Kier molecular flexibility index (Phi) is 8.53. The second kappa shape index (κ2) is 10.9. The summed E-state index contributed by atoms with van der Waals surface area (Å²) in [4.78, 5) is 12.2. The van der Waals surface area contributed by atoms with Crippen LogP contribution in [0.5, 0.6) is 11.5 Å². The van der Waals surface area contributed by atoms with Crippen LogP contribution in [-0.2, 0) is 14.8 Å². The smallest absolute Gasteiger partial charge is 0.232 e. The first-order chi connectivity index (χ1) is 14.2. The highest BCUT2D eigenvalue weighted by Gasteiger charge is 2.18. The van der Waals surface area contributed by atoms with E-state index in [4.69, 9.17) is 9.47 Å². The minimum atomic E-state index is -3.43. The molecule has 0 aromatic heterocycles. The van der Waals surface area contributed by atoms with Gasteiger partial charge in [-0.1, -0.05) is 12.1 Å². The summed E-state index contributed by atoms with van der Waals surface area (Å²) in [5.41, 5.74) is 1.59. The van der Waals surface area contributed by atoms with Gasteiger partial charge in [-0.05, 0) is 62.2 Å². The van der Waals surface area contributed by atoms with E-state index in [1.54, 1.807) is 37.4 Å². The molecule has 0 radical (unpaired) electrons. The lowest BCUT2D eigenvalue weighted by atomic mass is 10.2. The molecule has 0 spiro atoms. The summed E-state index contributed by atoms with van der Waals surface area (Å²) in [6.07, 6.45) is 1.82. The number of benzene rings is 2. The van der Waals surface area contributed by atoms with Gasteiger partial charge in [0.15, 0.2) is 0 Å². The summed E-state index contributed by atoms with van der Waals surface area (Å²) in [6.45, 7) is 4.34. The summed E-state index contributed by atoms with van der Waals surface area (Å²) in [7, 11) is -1.83. The molecule has 2 aromatic carbocycles. The SMILES string of the molecule is COc1ccc(OC[C@H](C)NC(=O)CCCN(c2cccc(C)c2)S(C)(=O)=O)cc1. The maximum Gasteiger partial charge on any atom is 0.232 e. The van der Waals surface area contributed by atoms with Gasteiger partial charge >= 0.3 is 0 Å². The Labute approximate surface area is 179 Å². The number of hydrogen-bond donors (Lipinski definition) is 1. The van der Waals surface area contributed by atoms with Crippen molar-refractivity contribution in [2.75, 3.05) is 30.8 Å². The largest absolute Gasteiger partial charge is 0.497 e. The molecule has 0 aliphatic rings. The van der Waals surface area contributed by atoms with Crippen molar-refractivity contribution in [2.45, 2.75) is 32.7 Å². The predicted octanol–water partition coefficient (Wildman–Crippen LogP) is 3.13. The Morgan fingerprint density at radius 2 is 1.80 bits per heavy atom. The quantitative estimate of drug-likeness (QED) is 0.587. The lowest BCUT2D eigenvalue weighted by Crippen LogP contribution is -2.37. The molecule has 7 nitrogen and oxygen atoms in total. The lowest BCUT2D eigenvalue weighted by molar-refractivity contribution is -0.121. The number of carbonyl (C=O) groups is 1. The fourth-order valence-corrected chi connectivity index (χ4v) is 3.89. The molecule has 0 aliphatic carbocycles. The molecular formula is C22H30N2O5S. The van der Waals surface area contributed by atoms with Crippen LogP contribution < -0.4 is 19.1 Å². The molecule has 0 heterocycles. The monoisotopic (exact) mass is 434 g/mol. The standard InChI is InChI=1S/C22H30N2O5S/c1-17-7-5-8-19(15-17)24(30(4,26)27)14-6-9-22(25)23-18(2)16-29-21-12-10-20(28-3)11-13-21/h5,7-8,10-13,15,18H,6,9,14,16H2,1-4H3,(H,23,25)/t18-/m0/s1. The third-order valence-corrected chi connectivity index (χ3v) is 5.62. The van der Waals surface area contributed by atoms with Crippen molar-refractivity contribution >= 4 is 21.6 Å². The van der Waals surface area contributed by atoms with Crippen LogP contribution in [0.1, 0.15) is 25.3 Å². The fourth-order valence-electron chi connectivity index (χ4n) is 2.93. The maximum absolute atomic E-state index is 12.2. The van der Waals surface area contributed by atoms with Crippen LogP contribution in [0.25, 0.3) is 0 Å². The molecule has 0 aliphatic heterocycles. The van der Waals surface area contributed by atoms with Crippen molar-refractivity contribution in [3.05, 3.63) is 54.1 Å². The molecular weight excluding hydrogens is 404 g/mol. The molecule has 30 heavy (non-hydrogen) atoms. The third-order valence-electron chi connectivity index (χ3n) is 4.42. The van der Waals surface area contributed by atoms with Crippen LogP contribution in [-0.4, -0.2) is 46.9 Å². The third kappa shape index (κ3) is 7.59. The van der Waals surface area contributed by atoms with Gasteiger partial charge in [-0.2, -0.15) is 0 Å². The molecule has 1 amide bonds. The number of ether oxygens (including phenoxy) is 2. The first-order valence-electron chi connectivity index (χ1n) is 9.79. The molecule has 0 unspecified atom stereocenters. The fraction of sp³-hybridized carbons (Fsp3) is 0.409. The Hall–Kier alpha value is -2.74. The van der Waals surface area contributed by atoms with Crippen molar-refractivity contribution in [3.8, 4) is 11.5 Å². The van der Waals surface area contributed by atoms with Crippen LogP contribution >= 0.6 is 0 Å². The Bertz CT molecular complexity index is 929. The molecule has 0 saturated heterocycles. The van der Waals surface area contributed by atoms with E-state index in [0.29, 0.717) is 24.5 Å². The topological polar surface area (TPSA) is 84.9 Å². The van der Waals surface area contributed by atoms with Gasteiger partial charge in [0.05, 0.1) is 25.1 Å². The molecule has 2 aromatic rings. The number of methoxy groups -OCH3 is 1. The summed E-state index contributed by atoms with van der Waals surface area (Å²) < 4.78 is 36.4. The predicted molar refractivity (Wildman–Crippen MR) is 119 cm³/mol. The molecule has 0 fully saturated rings. The minimum absolute atomic E-state index is 0.140. The highest BCUT2D eigenvalue weighted by Crippen LogP contribution is 2.20. The van der Waals surface area contributed by atoms with E-state index in [-0.39, 0.29) is 24.9 Å². The van der Waals surface area contributed by atoms with Crippen LogP contribution in [0.3, 0.4) is 0 Å². The van der Waals surface area contributed by atoms with E-state index >= 15 is 0 Å². The molecule has 0 saturated carbocycles. The first-order valence-corrected chi connectivity index (χ1v) is 11.6. The molecule has 1 N–H and O–H groups in total. The molecule has 1 atom stereocenters. The van der Waals surface area contributed by atoms with Gasteiger partial charge in [0.2, 0.25) is 15.9 Å². The van der Waals surface area contributed by atoms with Crippen LogP contribution in [0, 0.1) is 6.92 Å². The van der Waals surface area contributed by atoms with Crippen molar-refractivity contribution in [3.63, 3.8) is 0 Å². The van der Waals surface area contributed by atoms with E-state index in [9.17, 15) is 13.2 Å². The summed E-state index contributed by atoms with van der Waals surface area (Å²) in [5.74, 6) is 1.30. The van der Waals surface area contributed by atoms with E-state index < -0.39 is 10.0 Å². The molecule has 164 valence electrons. The number of sulfonamides is 1. The lowest BCUT2D eigenvalue weighted by Gasteiger charge is -2.23. The van der Waals surface area contributed by atoms with Gasteiger partial charge in [0, 0.05) is 13.0 Å². The van der Waals surface area contributed by atoms with E-state index in [1.165, 1.54) is 10.6 Å². The highest BCUT2D eigenvalue weighted by molar-refractivity contribution is 7.92. The first kappa shape index (κ1) is 23.5. The number of aryl methyl sites for hydroxylation is 1. The van der Waals surface area contributed by atoms with E-state index in [0.717, 1.165) is 11.3 Å². The number of anilines is 1. The molecule has 8 heteroatoms. The second-order valence-electron chi connectivity index (χ2n) is 7.23. The van der Waals surface area contributed by atoms with Gasteiger partial charge in [-0.3, -0.25) is 9.10 Å². The number of nitrogens with one attached hydrogen (secondary N) is 1. The average molecular weight is 435 g/mol. The van der Waals surface area contributed by atoms with Crippen molar-refractivity contribution < 1.29 is 22.7 Å². The summed E-state index contributed by atoms with van der Waals surface area (Å²) >= 11 is 0. The van der Waals surface area contributed by atoms with Crippen LogP contribution in [0.2, 0.25) is 0 Å². The van der Waals surface area contributed by atoms with Crippen molar-refractivity contribution in [2.24, 2.45) is 0 Å². The Morgan fingerprint density at radius 3 is 2.40 bits per heavy atom.